The van der Waals surface area contributed by atoms with Gasteiger partial charge in [-0.1, -0.05) is 36.6 Å². The van der Waals surface area contributed by atoms with E-state index in [-0.39, 0.29) is 18.0 Å². The van der Waals surface area contributed by atoms with Crippen molar-refractivity contribution in [2.45, 2.75) is 50.7 Å². The SMILES string of the molecule is Cc1ccc2c(c1)NCCCCC[C@H](NC(=O)/C=C/c1cc(Cl)ccc1N(N)/C=N\N)C1=NC2C(C#N)N1. The maximum atomic E-state index is 13.0. The first kappa shape index (κ1) is 27.0. The standard InChI is InChI=1S/C27H32ClN9O/c1-17-6-9-20-22(13-17)32-12-4-2-3-5-21(27-35-23(15-29)26(20)36-27)34-25(38)11-7-18-14-19(28)8-10-24(18)37(31)16-33-30/h6-11,13-14,16,21,23,26,32H,2-5,12,30-31H2,1H3,(H,34,38)(H,35,36)/b11-7+,33-16-/t21-,23?,26?/m0/s1. The summed E-state index contributed by atoms with van der Waals surface area (Å²) in [4.78, 5) is 17.9. The number of amides is 1. The molecule has 198 valence electrons. The van der Waals surface area contributed by atoms with Gasteiger partial charge in [0, 0.05) is 34.5 Å². The zero-order valence-electron chi connectivity index (χ0n) is 21.2. The molecular weight excluding hydrogens is 502 g/mol. The molecule has 2 aliphatic rings. The number of nitrogens with two attached hydrogens (primary N) is 2. The number of nitrogens with zero attached hydrogens (tertiary/aromatic N) is 4. The Morgan fingerprint density at radius 2 is 2.13 bits per heavy atom. The summed E-state index contributed by atoms with van der Waals surface area (Å²) in [6.45, 7) is 2.88. The zero-order valence-corrected chi connectivity index (χ0v) is 21.9. The Balaban J connectivity index is 1.58. The first-order valence-electron chi connectivity index (χ1n) is 12.5. The third-order valence-electron chi connectivity index (χ3n) is 6.57. The number of carbonyl (C=O) groups is 1. The molecule has 2 aromatic rings. The van der Waals surface area contributed by atoms with Crippen molar-refractivity contribution in [1.29, 1.82) is 5.26 Å². The molecule has 7 N–H and O–H groups in total. The van der Waals surface area contributed by atoms with Gasteiger partial charge in [0.25, 0.3) is 0 Å². The lowest BCUT2D eigenvalue weighted by molar-refractivity contribution is -0.116. The summed E-state index contributed by atoms with van der Waals surface area (Å²) in [7, 11) is 0. The number of benzene rings is 2. The van der Waals surface area contributed by atoms with Gasteiger partial charge in [0.05, 0.1) is 17.8 Å². The third kappa shape index (κ3) is 6.43. The Labute approximate surface area is 227 Å². The molecule has 38 heavy (non-hydrogen) atoms. The number of fused-ring (bicyclic) bond motifs is 3. The van der Waals surface area contributed by atoms with E-state index in [4.69, 9.17) is 28.3 Å². The highest BCUT2D eigenvalue weighted by Gasteiger charge is 2.35. The first-order valence-corrected chi connectivity index (χ1v) is 12.9. The molecule has 0 fully saturated rings. The molecule has 0 aliphatic carbocycles. The second-order valence-electron chi connectivity index (χ2n) is 9.35. The van der Waals surface area contributed by atoms with Crippen LogP contribution in [-0.4, -0.2) is 36.7 Å². The van der Waals surface area contributed by atoms with Crippen LogP contribution in [0.4, 0.5) is 11.4 Å². The van der Waals surface area contributed by atoms with Crippen LogP contribution in [0.5, 0.6) is 0 Å². The molecular formula is C27H32ClN9O. The number of hydrogen-bond donors (Lipinski definition) is 5. The molecule has 0 radical (unpaired) electrons. The molecule has 2 aromatic carbocycles. The molecule has 0 saturated carbocycles. The lowest BCUT2D eigenvalue weighted by Crippen LogP contribution is -2.46. The molecule has 4 rings (SSSR count). The fourth-order valence-corrected chi connectivity index (χ4v) is 4.87. The van der Waals surface area contributed by atoms with Crippen LogP contribution in [0.25, 0.3) is 6.08 Å². The third-order valence-corrected chi connectivity index (χ3v) is 6.80. The maximum absolute atomic E-state index is 13.0. The van der Waals surface area contributed by atoms with Crippen molar-refractivity contribution in [1.82, 2.24) is 10.6 Å². The number of aryl methyl sites for hydroxylation is 1. The number of carbonyl (C=O) groups excluding carboxylic acids is 1. The molecule has 11 heteroatoms. The number of anilines is 2. The molecule has 10 nitrogen and oxygen atoms in total. The van der Waals surface area contributed by atoms with Crippen LogP contribution in [0.1, 0.15) is 48.4 Å². The Morgan fingerprint density at radius 1 is 1.29 bits per heavy atom. The number of hydrazone groups is 1. The van der Waals surface area contributed by atoms with Gasteiger partial charge in [0.2, 0.25) is 5.91 Å². The van der Waals surface area contributed by atoms with Crippen molar-refractivity contribution in [2.24, 2.45) is 21.8 Å². The van der Waals surface area contributed by atoms with Gasteiger partial charge < -0.3 is 21.8 Å². The number of hydrazine groups is 1. The maximum Gasteiger partial charge on any atom is 0.244 e. The first-order chi connectivity index (χ1) is 18.4. The average molecular weight is 534 g/mol. The van der Waals surface area contributed by atoms with E-state index < -0.39 is 6.04 Å². The van der Waals surface area contributed by atoms with Gasteiger partial charge >= 0.3 is 0 Å². The summed E-state index contributed by atoms with van der Waals surface area (Å²) in [5.41, 5.74) is 4.30. The van der Waals surface area contributed by atoms with Crippen molar-refractivity contribution >= 4 is 47.1 Å². The van der Waals surface area contributed by atoms with Gasteiger partial charge in [-0.25, -0.2) is 5.84 Å². The predicted octanol–water partition coefficient (Wildman–Crippen LogP) is 3.35. The van der Waals surface area contributed by atoms with Gasteiger partial charge in [0.1, 0.15) is 24.3 Å². The van der Waals surface area contributed by atoms with E-state index in [0.717, 1.165) is 42.6 Å². The van der Waals surface area contributed by atoms with E-state index in [2.05, 4.69) is 33.2 Å². The van der Waals surface area contributed by atoms with Crippen molar-refractivity contribution in [3.8, 4) is 6.07 Å². The van der Waals surface area contributed by atoms with Crippen LogP contribution in [0.2, 0.25) is 5.02 Å². The fraction of sp³-hybridized carbons (Fsp3) is 0.333. The van der Waals surface area contributed by atoms with E-state index in [0.29, 0.717) is 28.5 Å². The Kier molecular flexibility index (Phi) is 8.84. The second-order valence-corrected chi connectivity index (χ2v) is 9.78. The van der Waals surface area contributed by atoms with Crippen LogP contribution in [0, 0.1) is 18.3 Å². The molecule has 0 aromatic heterocycles. The van der Waals surface area contributed by atoms with Crippen LogP contribution >= 0.6 is 11.6 Å². The largest absolute Gasteiger partial charge is 0.385 e. The predicted molar refractivity (Wildman–Crippen MR) is 153 cm³/mol. The van der Waals surface area contributed by atoms with E-state index in [9.17, 15) is 10.1 Å². The molecule has 0 saturated heterocycles. The highest BCUT2D eigenvalue weighted by Crippen LogP contribution is 2.33. The second kappa shape index (κ2) is 12.4. The summed E-state index contributed by atoms with van der Waals surface area (Å²) in [6, 6.07) is 12.3. The molecule has 0 spiro atoms. The summed E-state index contributed by atoms with van der Waals surface area (Å²) in [6.07, 6.45) is 7.91. The van der Waals surface area contributed by atoms with Crippen LogP contribution in [-0.2, 0) is 4.79 Å². The Hall–Kier alpha value is -4.07. The van der Waals surface area contributed by atoms with E-state index in [1.165, 1.54) is 17.4 Å². The molecule has 2 bridgehead atoms. The Morgan fingerprint density at radius 3 is 2.92 bits per heavy atom. The van der Waals surface area contributed by atoms with Gasteiger partial charge in [-0.2, -0.15) is 10.4 Å². The van der Waals surface area contributed by atoms with Gasteiger partial charge in [0.15, 0.2) is 0 Å². The number of nitrogens with one attached hydrogen (secondary N) is 3. The van der Waals surface area contributed by atoms with Crippen molar-refractivity contribution in [2.75, 3.05) is 16.9 Å². The van der Waals surface area contributed by atoms with Crippen LogP contribution < -0.4 is 32.6 Å². The Bertz CT molecular complexity index is 1300. The van der Waals surface area contributed by atoms with E-state index >= 15 is 0 Å². The minimum absolute atomic E-state index is 0.303. The molecule has 3 atom stereocenters. The molecule has 2 aliphatic heterocycles. The van der Waals surface area contributed by atoms with Crippen LogP contribution in [0.3, 0.4) is 0 Å². The smallest absolute Gasteiger partial charge is 0.244 e. The zero-order chi connectivity index (χ0) is 27.1. The minimum atomic E-state index is -0.530. The van der Waals surface area contributed by atoms with E-state index in [1.807, 2.05) is 19.1 Å². The normalized spacial score (nSPS) is 21.3. The summed E-state index contributed by atoms with van der Waals surface area (Å²) >= 11 is 6.16. The summed E-state index contributed by atoms with van der Waals surface area (Å²) in [5.74, 6) is 11.5. The number of rotatable bonds is 5. The van der Waals surface area contributed by atoms with E-state index in [1.54, 1.807) is 24.3 Å². The van der Waals surface area contributed by atoms with Crippen molar-refractivity contribution in [3.05, 3.63) is 64.2 Å². The lowest BCUT2D eigenvalue weighted by Gasteiger charge is -2.19. The average Bonchev–Trinajstić information content (AvgIpc) is 3.32. The summed E-state index contributed by atoms with van der Waals surface area (Å²) < 4.78 is 0. The van der Waals surface area contributed by atoms with Crippen LogP contribution in [0.15, 0.2) is 52.6 Å². The van der Waals surface area contributed by atoms with Gasteiger partial charge in [-0.15, -0.1) is 0 Å². The molecule has 1 amide bonds. The van der Waals surface area contributed by atoms with Gasteiger partial charge in [-0.3, -0.25) is 14.8 Å². The summed E-state index contributed by atoms with van der Waals surface area (Å²) in [5, 5.41) is 24.9. The topological polar surface area (TPSA) is 157 Å². The van der Waals surface area contributed by atoms with Gasteiger partial charge in [-0.05, 0) is 55.7 Å². The number of halogens is 1. The fourth-order valence-electron chi connectivity index (χ4n) is 4.69. The number of aliphatic imine (C=N–C) groups is 1. The minimum Gasteiger partial charge on any atom is -0.385 e. The number of amidine groups is 1. The van der Waals surface area contributed by atoms with Crippen molar-refractivity contribution in [3.63, 3.8) is 0 Å². The quantitative estimate of drug-likeness (QED) is 0.130. The highest BCUT2D eigenvalue weighted by molar-refractivity contribution is 6.30. The number of nitriles is 1. The monoisotopic (exact) mass is 533 g/mol. The molecule has 2 heterocycles. The van der Waals surface area contributed by atoms with Crippen molar-refractivity contribution < 1.29 is 4.79 Å². The highest BCUT2D eigenvalue weighted by atomic mass is 35.5. The lowest BCUT2D eigenvalue weighted by atomic mass is 9.98. The number of hydrogen-bond acceptors (Lipinski definition) is 8. The molecule has 2 unspecified atom stereocenters.